The van der Waals surface area contributed by atoms with Crippen LogP contribution in [0.15, 0.2) is 9.56 Å². The molecule has 0 radical (unpaired) electrons. The van der Waals surface area contributed by atoms with Crippen LogP contribution in [0.5, 0.6) is 0 Å². The number of hydrogen-bond acceptors (Lipinski definition) is 0. The van der Waals surface area contributed by atoms with E-state index in [-0.39, 0.29) is 5.41 Å². The summed E-state index contributed by atoms with van der Waals surface area (Å²) in [4.78, 5) is 0. The smallest absolute Gasteiger partial charge is 0.110 e. The Bertz CT molecular complexity index is 443. The molecular weight excluding hydrogens is 402 g/mol. The van der Waals surface area contributed by atoms with Crippen LogP contribution in [0.4, 0.5) is 0 Å². The van der Waals surface area contributed by atoms with Crippen LogP contribution in [-0.4, -0.2) is 6.15 Å². The van der Waals surface area contributed by atoms with Crippen molar-refractivity contribution in [1.29, 1.82) is 0 Å². The SMILES string of the molecule is CCCC/C=C(\I)[B-](C#CC(C)(C)C)(C(C)C(C)C)C(C)C(C)C. The van der Waals surface area contributed by atoms with Gasteiger partial charge in [-0.1, -0.05) is 95.7 Å². The number of unbranched alkanes of at least 4 members (excludes halogenated alkanes) is 2. The molecule has 0 heterocycles. The van der Waals surface area contributed by atoms with Crippen LogP contribution in [-0.2, 0) is 0 Å². The minimum atomic E-state index is -0.878. The molecule has 140 valence electrons. The first-order valence-corrected chi connectivity index (χ1v) is 11.0. The molecule has 0 rings (SSSR count). The van der Waals surface area contributed by atoms with Crippen LogP contribution in [0.2, 0.25) is 11.6 Å². The van der Waals surface area contributed by atoms with Gasteiger partial charge in [-0.3, -0.25) is 0 Å². The maximum Gasteiger partial charge on any atom is 0.110 e. The summed E-state index contributed by atoms with van der Waals surface area (Å²) in [5.74, 6) is 10.0. The summed E-state index contributed by atoms with van der Waals surface area (Å²) in [6.45, 7) is 23.3. The lowest BCUT2D eigenvalue weighted by atomic mass is 9.12. The second kappa shape index (κ2) is 10.3. The highest BCUT2D eigenvalue weighted by atomic mass is 127. The molecule has 0 bridgehead atoms. The number of hydrogen-bond donors (Lipinski definition) is 0. The average Bonchev–Trinajstić information content (AvgIpc) is 2.46. The van der Waals surface area contributed by atoms with E-state index in [4.69, 9.17) is 0 Å². The van der Waals surface area contributed by atoms with E-state index in [9.17, 15) is 0 Å². The van der Waals surface area contributed by atoms with Gasteiger partial charge >= 0.3 is 0 Å². The van der Waals surface area contributed by atoms with Gasteiger partial charge in [-0.25, -0.2) is 0 Å². The molecule has 0 saturated carbocycles. The molecule has 0 aromatic carbocycles. The van der Waals surface area contributed by atoms with Gasteiger partial charge in [0.1, 0.15) is 6.15 Å². The lowest BCUT2D eigenvalue weighted by Crippen LogP contribution is -2.47. The van der Waals surface area contributed by atoms with E-state index in [1.54, 1.807) is 0 Å². The lowest BCUT2D eigenvalue weighted by Gasteiger charge is -2.50. The Morgan fingerprint density at radius 2 is 1.46 bits per heavy atom. The second-order valence-electron chi connectivity index (χ2n) is 9.46. The molecule has 0 aromatic heterocycles. The van der Waals surface area contributed by atoms with Crippen molar-refractivity contribution in [3.63, 3.8) is 0 Å². The molecule has 0 aliphatic carbocycles. The first-order chi connectivity index (χ1) is 10.9. The largest absolute Gasteiger partial charge is 0.307 e. The molecule has 2 unspecified atom stereocenters. The normalized spacial score (nSPS) is 18.1. The van der Waals surface area contributed by atoms with Gasteiger partial charge in [-0.15, -0.1) is 12.0 Å². The van der Waals surface area contributed by atoms with Gasteiger partial charge in [-0.05, 0) is 27.2 Å². The number of rotatable bonds is 8. The molecule has 0 aromatic rings. The molecule has 0 amide bonds. The Balaban J connectivity index is 6.32. The van der Waals surface area contributed by atoms with Gasteiger partial charge in [0.25, 0.3) is 0 Å². The van der Waals surface area contributed by atoms with E-state index in [1.807, 2.05) is 0 Å². The molecule has 0 aliphatic heterocycles. The summed E-state index contributed by atoms with van der Waals surface area (Å²) in [5.41, 5.74) is 0.0563. The van der Waals surface area contributed by atoms with E-state index >= 15 is 0 Å². The van der Waals surface area contributed by atoms with Crippen LogP contribution in [0.25, 0.3) is 0 Å². The fraction of sp³-hybridized carbons (Fsp3) is 0.818. The Morgan fingerprint density at radius 1 is 1.00 bits per heavy atom. The van der Waals surface area contributed by atoms with E-state index in [1.165, 1.54) is 22.7 Å². The van der Waals surface area contributed by atoms with Gasteiger partial charge in [0.15, 0.2) is 0 Å². The third-order valence-electron chi connectivity index (χ3n) is 5.80. The first-order valence-electron chi connectivity index (χ1n) is 9.97. The Labute approximate surface area is 167 Å². The maximum atomic E-state index is 3.90. The summed E-state index contributed by atoms with van der Waals surface area (Å²) >= 11 is 2.63. The van der Waals surface area contributed by atoms with Crippen molar-refractivity contribution in [2.24, 2.45) is 17.3 Å². The summed E-state index contributed by atoms with van der Waals surface area (Å²) in [6, 6.07) is 0. The van der Waals surface area contributed by atoms with Gasteiger partial charge in [-0.2, -0.15) is 15.1 Å². The van der Waals surface area contributed by atoms with E-state index < -0.39 is 6.15 Å². The minimum Gasteiger partial charge on any atom is -0.307 e. The van der Waals surface area contributed by atoms with Gasteiger partial charge in [0, 0.05) is 5.41 Å². The van der Waals surface area contributed by atoms with Crippen LogP contribution in [0.3, 0.4) is 0 Å². The van der Waals surface area contributed by atoms with Crippen molar-refractivity contribution in [2.75, 3.05) is 0 Å². The summed E-state index contributed by atoms with van der Waals surface area (Å²) < 4.78 is 1.53. The minimum absolute atomic E-state index is 0.0563. The quantitative estimate of drug-likeness (QED) is 0.154. The van der Waals surface area contributed by atoms with Crippen molar-refractivity contribution in [3.05, 3.63) is 9.56 Å². The molecule has 0 aliphatic rings. The third kappa shape index (κ3) is 6.78. The van der Waals surface area contributed by atoms with Gasteiger partial charge in [0.2, 0.25) is 0 Å². The summed E-state index contributed by atoms with van der Waals surface area (Å²) in [6.07, 6.45) is 5.34. The molecule has 2 heteroatoms. The lowest BCUT2D eigenvalue weighted by molar-refractivity contribution is 0.555. The standard InChI is InChI=1S/C22H41BI/c1-11-12-13-14-21(24)23(19(6)17(2)3,20(7)18(4)5)16-15-22(8,9)10/h14,17-20H,11-13H2,1-10H3/q-1/b21-14-. The van der Waals surface area contributed by atoms with Crippen LogP contribution in [0, 0.1) is 29.0 Å². The zero-order valence-electron chi connectivity index (χ0n) is 18.0. The van der Waals surface area contributed by atoms with Crippen molar-refractivity contribution >= 4 is 28.7 Å². The van der Waals surface area contributed by atoms with E-state index in [2.05, 4.69) is 110 Å². The van der Waals surface area contributed by atoms with Gasteiger partial charge in [0.05, 0.1) is 0 Å². The second-order valence-corrected chi connectivity index (χ2v) is 10.7. The van der Waals surface area contributed by atoms with Crippen LogP contribution >= 0.6 is 22.6 Å². The summed E-state index contributed by atoms with van der Waals surface area (Å²) in [7, 11) is 0. The van der Waals surface area contributed by atoms with Crippen LogP contribution in [0.1, 0.15) is 88.5 Å². The molecule has 2 atom stereocenters. The monoisotopic (exact) mass is 443 g/mol. The zero-order valence-corrected chi connectivity index (χ0v) is 20.1. The molecule has 0 spiro atoms. The predicted molar refractivity (Wildman–Crippen MR) is 123 cm³/mol. The van der Waals surface area contributed by atoms with Crippen molar-refractivity contribution in [2.45, 2.75) is 100 Å². The first kappa shape index (κ1) is 24.1. The number of halogens is 1. The zero-order chi connectivity index (χ0) is 19.1. The highest BCUT2D eigenvalue weighted by Gasteiger charge is 2.38. The molecule has 0 N–H and O–H groups in total. The topological polar surface area (TPSA) is 0 Å². The Hall–Kier alpha value is 0.0949. The van der Waals surface area contributed by atoms with Crippen molar-refractivity contribution in [1.82, 2.24) is 0 Å². The van der Waals surface area contributed by atoms with Gasteiger partial charge < -0.3 is 5.82 Å². The summed E-state index contributed by atoms with van der Waals surface area (Å²) in [5, 5.41) is 0. The van der Waals surface area contributed by atoms with Crippen molar-refractivity contribution in [3.8, 4) is 11.7 Å². The fourth-order valence-corrected chi connectivity index (χ4v) is 5.10. The molecular formula is C22H41BI-. The van der Waals surface area contributed by atoms with E-state index in [0.29, 0.717) is 23.5 Å². The Morgan fingerprint density at radius 3 is 1.79 bits per heavy atom. The maximum absolute atomic E-state index is 3.90. The molecule has 0 nitrogen and oxygen atoms in total. The average molecular weight is 443 g/mol. The molecule has 0 saturated heterocycles. The highest BCUT2D eigenvalue weighted by molar-refractivity contribution is 14.1. The third-order valence-corrected chi connectivity index (χ3v) is 7.27. The predicted octanol–water partition coefficient (Wildman–Crippen LogP) is 8.16. The van der Waals surface area contributed by atoms with Crippen LogP contribution < -0.4 is 0 Å². The molecule has 0 fully saturated rings. The fourth-order valence-electron chi connectivity index (χ4n) is 3.50. The molecule has 24 heavy (non-hydrogen) atoms. The van der Waals surface area contributed by atoms with E-state index in [0.717, 1.165) is 0 Å². The Kier molecular flexibility index (Phi) is 10.3. The number of allylic oxidation sites excluding steroid dienone is 1. The van der Waals surface area contributed by atoms with Crippen molar-refractivity contribution < 1.29 is 0 Å². The highest BCUT2D eigenvalue weighted by Crippen LogP contribution is 2.47.